The van der Waals surface area contributed by atoms with Crippen molar-refractivity contribution in [3.05, 3.63) is 23.8 Å². The number of piperazine rings is 1. The molecule has 1 aromatic carbocycles. The van der Waals surface area contributed by atoms with Gasteiger partial charge < -0.3 is 15.4 Å². The van der Waals surface area contributed by atoms with Crippen molar-refractivity contribution in [1.29, 1.82) is 0 Å². The fourth-order valence-electron chi connectivity index (χ4n) is 2.59. The van der Waals surface area contributed by atoms with Gasteiger partial charge >= 0.3 is 0 Å². The third-order valence-corrected chi connectivity index (χ3v) is 4.02. The second kappa shape index (κ2) is 8.98. The summed E-state index contributed by atoms with van der Waals surface area (Å²) >= 11 is 0. The van der Waals surface area contributed by atoms with Crippen LogP contribution in [0.1, 0.15) is 25.3 Å². The molecule has 0 amide bonds. The third kappa shape index (κ3) is 5.48. The number of nitrogens with one attached hydrogen (secondary N) is 1. The average Bonchev–Trinajstić information content (AvgIpc) is 2.52. The largest absolute Gasteiger partial charge is 0.491 e. The van der Waals surface area contributed by atoms with Crippen LogP contribution in [0.25, 0.3) is 0 Å². The summed E-state index contributed by atoms with van der Waals surface area (Å²) in [5, 5.41) is 2.33. The molecular weight excluding hydrogens is 276 g/mol. The van der Waals surface area contributed by atoms with Crippen LogP contribution < -0.4 is 15.9 Å². The van der Waals surface area contributed by atoms with E-state index in [0.29, 0.717) is 0 Å². The number of hydrogen-bond donors (Lipinski definition) is 2. The molecule has 5 heteroatoms. The topological polar surface area (TPSA) is 53.8 Å². The predicted octanol–water partition coefficient (Wildman–Crippen LogP) is 1.74. The number of hydrogen-bond acceptors (Lipinski definition) is 5. The van der Waals surface area contributed by atoms with E-state index in [4.69, 9.17) is 10.5 Å². The van der Waals surface area contributed by atoms with Crippen molar-refractivity contribution in [1.82, 2.24) is 15.3 Å². The van der Waals surface area contributed by atoms with Crippen molar-refractivity contribution in [2.45, 2.75) is 26.2 Å². The molecule has 1 saturated heterocycles. The molecule has 124 valence electrons. The van der Waals surface area contributed by atoms with Crippen molar-refractivity contribution < 1.29 is 4.74 Å². The lowest BCUT2D eigenvalue weighted by Gasteiger charge is -2.32. The molecule has 1 heterocycles. The highest BCUT2D eigenvalue weighted by molar-refractivity contribution is 5.54. The highest BCUT2D eigenvalue weighted by atomic mass is 16.5. The minimum atomic E-state index is 0.721. The van der Waals surface area contributed by atoms with Crippen LogP contribution in [-0.2, 0) is 6.42 Å². The van der Waals surface area contributed by atoms with Gasteiger partial charge in [0.1, 0.15) is 5.75 Å². The van der Waals surface area contributed by atoms with E-state index in [1.807, 2.05) is 12.1 Å². The highest BCUT2D eigenvalue weighted by Gasteiger charge is 2.12. The van der Waals surface area contributed by atoms with Gasteiger partial charge in [-0.2, -0.15) is 0 Å². The number of aryl methyl sites for hydroxylation is 1. The number of anilines is 1. The van der Waals surface area contributed by atoms with Gasteiger partial charge in [-0.25, -0.2) is 5.01 Å². The molecule has 22 heavy (non-hydrogen) atoms. The van der Waals surface area contributed by atoms with E-state index in [0.717, 1.165) is 70.0 Å². The molecule has 0 spiro atoms. The lowest BCUT2D eigenvalue weighted by molar-refractivity contribution is 0.104. The number of nitrogen functional groups attached to an aromatic ring is 1. The molecule has 0 bridgehead atoms. The maximum absolute atomic E-state index is 6.04. The smallest absolute Gasteiger partial charge is 0.142 e. The van der Waals surface area contributed by atoms with E-state index < -0.39 is 0 Å². The van der Waals surface area contributed by atoms with Crippen LogP contribution in [0.15, 0.2) is 18.2 Å². The van der Waals surface area contributed by atoms with Crippen molar-refractivity contribution in [2.24, 2.45) is 0 Å². The zero-order valence-corrected chi connectivity index (χ0v) is 14.0. The Labute approximate surface area is 134 Å². The number of hydrazine groups is 1. The van der Waals surface area contributed by atoms with Crippen molar-refractivity contribution in [3.63, 3.8) is 0 Å². The first-order chi connectivity index (χ1) is 10.7. The van der Waals surface area contributed by atoms with E-state index >= 15 is 0 Å². The Morgan fingerprint density at radius 3 is 2.68 bits per heavy atom. The minimum Gasteiger partial charge on any atom is -0.491 e. The van der Waals surface area contributed by atoms with Crippen LogP contribution in [0, 0.1) is 0 Å². The molecule has 0 saturated carbocycles. The van der Waals surface area contributed by atoms with E-state index in [1.165, 1.54) is 5.56 Å². The Balaban J connectivity index is 1.67. The molecule has 1 aromatic rings. The van der Waals surface area contributed by atoms with Gasteiger partial charge in [0.15, 0.2) is 0 Å². The lowest BCUT2D eigenvalue weighted by Crippen LogP contribution is -2.50. The second-order valence-electron chi connectivity index (χ2n) is 6.02. The van der Waals surface area contributed by atoms with Crippen molar-refractivity contribution in [2.75, 3.05) is 52.1 Å². The summed E-state index contributed by atoms with van der Waals surface area (Å²) in [6.07, 6.45) is 3.15. The number of rotatable bonds is 8. The Kier molecular flexibility index (Phi) is 6.96. The first kappa shape index (κ1) is 17.1. The number of likely N-dealkylation sites (N-methyl/N-ethyl adjacent to an activating group) is 1. The number of ether oxygens (including phenoxy) is 1. The van der Waals surface area contributed by atoms with Gasteiger partial charge in [-0.05, 0) is 44.0 Å². The molecular formula is C17H30N4O. The summed E-state index contributed by atoms with van der Waals surface area (Å²) in [6, 6.07) is 6.16. The van der Waals surface area contributed by atoms with Crippen LogP contribution in [0.2, 0.25) is 0 Å². The molecule has 0 atom stereocenters. The zero-order chi connectivity index (χ0) is 15.8. The molecule has 1 fully saturated rings. The van der Waals surface area contributed by atoms with E-state index in [2.05, 4.69) is 35.4 Å². The Hall–Kier alpha value is -1.30. The summed E-state index contributed by atoms with van der Waals surface area (Å²) in [6.45, 7) is 8.32. The molecule has 1 aliphatic rings. The van der Waals surface area contributed by atoms with Gasteiger partial charge in [0.2, 0.25) is 0 Å². The molecule has 0 aromatic heterocycles. The first-order valence-electron chi connectivity index (χ1n) is 8.37. The molecule has 0 radical (unpaired) electrons. The number of nitrogens with zero attached hydrogens (tertiary/aromatic N) is 2. The van der Waals surface area contributed by atoms with Crippen molar-refractivity contribution in [3.8, 4) is 5.75 Å². The molecule has 5 nitrogen and oxygen atoms in total. The van der Waals surface area contributed by atoms with Crippen LogP contribution in [0.3, 0.4) is 0 Å². The van der Waals surface area contributed by atoms with Crippen molar-refractivity contribution >= 4 is 5.69 Å². The maximum Gasteiger partial charge on any atom is 0.142 e. The van der Waals surface area contributed by atoms with Crippen LogP contribution in [0.5, 0.6) is 5.75 Å². The van der Waals surface area contributed by atoms with Gasteiger partial charge in [0.25, 0.3) is 0 Å². The van der Waals surface area contributed by atoms with Crippen LogP contribution in [0.4, 0.5) is 5.69 Å². The molecule has 0 aliphatic carbocycles. The fraction of sp³-hybridized carbons (Fsp3) is 0.647. The van der Waals surface area contributed by atoms with E-state index in [-0.39, 0.29) is 0 Å². The van der Waals surface area contributed by atoms with Gasteiger partial charge in [-0.3, -0.25) is 5.43 Å². The Morgan fingerprint density at radius 1 is 1.23 bits per heavy atom. The molecule has 1 aliphatic heterocycles. The zero-order valence-electron chi connectivity index (χ0n) is 14.0. The Bertz CT molecular complexity index is 444. The summed E-state index contributed by atoms with van der Waals surface area (Å²) in [5.41, 5.74) is 11.6. The van der Waals surface area contributed by atoms with Gasteiger partial charge in [-0.1, -0.05) is 13.0 Å². The summed E-state index contributed by atoms with van der Waals surface area (Å²) in [4.78, 5) is 2.36. The Morgan fingerprint density at radius 2 is 2.00 bits per heavy atom. The quantitative estimate of drug-likeness (QED) is 0.566. The number of nitrogens with two attached hydrogens (primary N) is 1. The summed E-state index contributed by atoms with van der Waals surface area (Å²) < 4.78 is 5.61. The van der Waals surface area contributed by atoms with Gasteiger partial charge in [0.05, 0.1) is 12.3 Å². The summed E-state index contributed by atoms with van der Waals surface area (Å²) in [5.74, 6) is 0.807. The average molecular weight is 306 g/mol. The van der Waals surface area contributed by atoms with Gasteiger partial charge in [-0.15, -0.1) is 0 Å². The highest BCUT2D eigenvalue weighted by Crippen LogP contribution is 2.23. The molecule has 2 rings (SSSR count). The van der Waals surface area contributed by atoms with Crippen LogP contribution >= 0.6 is 0 Å². The third-order valence-electron chi connectivity index (χ3n) is 4.02. The van der Waals surface area contributed by atoms with E-state index in [9.17, 15) is 0 Å². The normalized spacial score (nSPS) is 16.8. The number of benzene rings is 1. The molecule has 3 N–H and O–H groups in total. The monoisotopic (exact) mass is 306 g/mol. The minimum absolute atomic E-state index is 0.721. The lowest BCUT2D eigenvalue weighted by atomic mass is 10.1. The first-order valence-corrected chi connectivity index (χ1v) is 8.37. The SMILES string of the molecule is CCCOc1ccc(CCCNN2CCN(C)CC2)cc1N. The predicted molar refractivity (Wildman–Crippen MR) is 92.0 cm³/mol. The van der Waals surface area contributed by atoms with Gasteiger partial charge in [0, 0.05) is 32.7 Å². The summed E-state index contributed by atoms with van der Waals surface area (Å²) in [7, 11) is 2.18. The van der Waals surface area contributed by atoms with Crippen LogP contribution in [-0.4, -0.2) is 56.3 Å². The second-order valence-corrected chi connectivity index (χ2v) is 6.02. The van der Waals surface area contributed by atoms with E-state index in [1.54, 1.807) is 0 Å². The maximum atomic E-state index is 6.04. The fourth-order valence-corrected chi connectivity index (χ4v) is 2.59. The molecule has 0 unspecified atom stereocenters. The standard InChI is InChI=1S/C17H30N4O/c1-3-13-22-17-7-6-15(14-16(17)18)5-4-8-19-21-11-9-20(2)10-12-21/h6-7,14,19H,3-5,8-13,18H2,1-2H3.